The maximum atomic E-state index is 15.0. The van der Waals surface area contributed by atoms with Gasteiger partial charge in [0, 0.05) is 93.3 Å². The van der Waals surface area contributed by atoms with E-state index in [9.17, 15) is 72.9 Å². The summed E-state index contributed by atoms with van der Waals surface area (Å²) in [6.45, 7) is 3.53. The number of aliphatic carboxylic acids is 1. The number of nitrogens with one attached hydrogen (secondary N) is 10. The molecule has 1 aromatic heterocycles. The van der Waals surface area contributed by atoms with Gasteiger partial charge in [-0.1, -0.05) is 90.1 Å². The number of amides is 11. The van der Waals surface area contributed by atoms with Crippen LogP contribution in [0.4, 0.5) is 0 Å². The van der Waals surface area contributed by atoms with Crippen LogP contribution in [-0.2, 0) is 76.8 Å². The van der Waals surface area contributed by atoms with E-state index in [1.807, 2.05) is 0 Å². The van der Waals surface area contributed by atoms with E-state index in [1.165, 1.54) is 59.5 Å². The van der Waals surface area contributed by atoms with Crippen molar-refractivity contribution < 1.29 is 72.9 Å². The summed E-state index contributed by atoms with van der Waals surface area (Å²) in [5.74, 6) is -12.1. The number of hydrogen-bond acceptors (Lipinski definition) is 18. The van der Waals surface area contributed by atoms with Gasteiger partial charge in [0.25, 0.3) is 0 Å². The van der Waals surface area contributed by atoms with Crippen LogP contribution in [0.15, 0.2) is 96.1 Å². The number of phenols is 2. The van der Waals surface area contributed by atoms with Gasteiger partial charge in [-0.15, -0.1) is 0 Å². The highest BCUT2D eigenvalue weighted by Crippen LogP contribution is 2.25. The molecule has 21 N–H and O–H groups in total. The second-order valence-corrected chi connectivity index (χ2v) is 26.5. The van der Waals surface area contributed by atoms with Crippen LogP contribution in [0.3, 0.4) is 0 Å². The number of benzene rings is 3. The van der Waals surface area contributed by atoms with E-state index in [2.05, 4.69) is 57.8 Å². The molecule has 33 heteroatoms. The Morgan fingerprint density at radius 3 is 1.99 bits per heavy atom. The lowest BCUT2D eigenvalue weighted by Gasteiger charge is -2.29. The highest BCUT2D eigenvalue weighted by molar-refractivity contribution is 8.76. The summed E-state index contributed by atoms with van der Waals surface area (Å²) < 4.78 is 0. The molecular weight excluding hydrogens is 1310 g/mol. The summed E-state index contributed by atoms with van der Waals surface area (Å²) in [6.07, 6.45) is 3.88. The minimum Gasteiger partial charge on any atom is -0.508 e. The lowest BCUT2D eigenvalue weighted by molar-refractivity contribution is -0.139. The Morgan fingerprint density at radius 1 is 0.704 bits per heavy atom. The normalized spacial score (nSPS) is 22.0. The van der Waals surface area contributed by atoms with Crippen molar-refractivity contribution in [3.8, 4) is 11.5 Å². The molecule has 1 fully saturated rings. The maximum Gasteiger partial charge on any atom is 0.303 e. The van der Waals surface area contributed by atoms with Crippen LogP contribution >= 0.6 is 21.6 Å². The Hall–Kier alpha value is -9.89. The van der Waals surface area contributed by atoms with Crippen LogP contribution in [0.1, 0.15) is 88.3 Å². The lowest BCUT2D eigenvalue weighted by Crippen LogP contribution is -2.61. The number of hydrogen-bond donors (Lipinski definition) is 17. The van der Waals surface area contributed by atoms with Crippen molar-refractivity contribution in [1.82, 2.24) is 57.7 Å². The van der Waals surface area contributed by atoms with Crippen molar-refractivity contribution in [2.24, 2.45) is 33.8 Å². The minimum atomic E-state index is -1.61. The van der Waals surface area contributed by atoms with Gasteiger partial charge < -0.3 is 96.0 Å². The number of nitrogens with zero attached hydrogens (tertiary/aromatic N) is 2. The number of primary amides is 1. The van der Waals surface area contributed by atoms with Gasteiger partial charge in [-0.05, 0) is 91.5 Å². The summed E-state index contributed by atoms with van der Waals surface area (Å²) in [6, 6.07) is 5.96. The van der Waals surface area contributed by atoms with E-state index in [-0.39, 0.29) is 119 Å². The molecule has 6 rings (SSSR count). The van der Waals surface area contributed by atoms with Gasteiger partial charge in [-0.3, -0.25) is 62.5 Å². The molecule has 2 aliphatic rings. The number of phenolic OH excluding ortho intramolecular Hbond substituents is 2. The number of carbonyl (C=O) groups is 12. The van der Waals surface area contributed by atoms with E-state index in [0.29, 0.717) is 23.1 Å². The quantitative estimate of drug-likeness (QED) is 0.0152. The van der Waals surface area contributed by atoms with Gasteiger partial charge in [0.05, 0.1) is 0 Å². The number of H-pyrrole nitrogens is 1. The molecular formula is C65H88N16O15S2. The number of nitrogens with two attached hydrogens (primary N) is 4. The zero-order chi connectivity index (χ0) is 71.4. The first kappa shape index (κ1) is 77.1. The Labute approximate surface area is 573 Å². The van der Waals surface area contributed by atoms with Crippen molar-refractivity contribution >= 4 is 109 Å². The average Bonchev–Trinajstić information content (AvgIpc) is 1.60. The first-order valence-electron chi connectivity index (χ1n) is 32.1. The Kier molecular flexibility index (Phi) is 30.5. The number of carbonyl (C=O) groups excluding carboxylic acids is 11. The van der Waals surface area contributed by atoms with Gasteiger partial charge in [0.15, 0.2) is 5.96 Å². The maximum absolute atomic E-state index is 15.0. The lowest BCUT2D eigenvalue weighted by atomic mass is 10.00. The number of rotatable bonds is 21. The van der Waals surface area contributed by atoms with Gasteiger partial charge in [-0.25, -0.2) is 0 Å². The number of para-hydroxylation sites is 1. The molecule has 3 aromatic carbocycles. The van der Waals surface area contributed by atoms with Crippen molar-refractivity contribution in [3.05, 3.63) is 108 Å². The first-order valence-corrected chi connectivity index (χ1v) is 34.5. The van der Waals surface area contributed by atoms with Crippen LogP contribution in [0.2, 0.25) is 0 Å². The Morgan fingerprint density at radius 2 is 1.34 bits per heavy atom. The molecule has 0 bridgehead atoms. The molecule has 31 nitrogen and oxygen atoms in total. The average molecular weight is 1400 g/mol. The number of guanidine groups is 1. The van der Waals surface area contributed by atoms with E-state index < -0.39 is 138 Å². The van der Waals surface area contributed by atoms with Gasteiger partial charge >= 0.3 is 5.97 Å². The molecule has 0 aliphatic carbocycles. The van der Waals surface area contributed by atoms with E-state index in [0.717, 1.165) is 32.5 Å². The molecule has 98 heavy (non-hydrogen) atoms. The topological polar surface area (TPSA) is 509 Å². The number of carboxylic acid groups (broad SMARTS) is 1. The molecule has 4 aromatic rings. The standard InChI is InChI=1S/C65H88N16O15S2/c1-36(2)55-64(96)77-47(31-38-17-21-41(83)22-18-38)59(91)74-44(12-8-28-71-65(68)69)57(89)70-27-7-3-4-14-52(84)73-48(32-39-33-72-43-11-6-5-10-42(39)43)61(93)75-45(23-24-54(86)87)58(90)78-49(56(67)88)34-97-98-35-50(62(94)80-55)79-60(92)46(30-37-15-19-40(82)20-16-37)76-63(95)51-13-9-29-81(51)53(85)25-26-66/h3-6,10-11,15-22,33,36,44-51,55,72,82-83H,7-9,12-14,23-32,34-35,66H2,1-2H3,(H2,67,88)(H,70,89)(H,73,84)(H,74,91)(H,75,93)(H,76,95)(H,77,96)(H,78,90)(H,79,92)(H,80,94)(H,86,87)(H4,68,69,71)/t44-,45-,46-,47-,48-,49-,50-,51-,55-/m0/s1. The summed E-state index contributed by atoms with van der Waals surface area (Å²) in [5, 5.41) is 54.9. The van der Waals surface area contributed by atoms with Crippen LogP contribution in [0.5, 0.6) is 11.5 Å². The third-order valence-corrected chi connectivity index (χ3v) is 18.5. The van der Waals surface area contributed by atoms with Crippen LogP contribution in [0.25, 0.3) is 10.9 Å². The molecule has 0 spiro atoms. The van der Waals surface area contributed by atoms with Crippen LogP contribution in [-0.4, -0.2) is 194 Å². The van der Waals surface area contributed by atoms with Crippen molar-refractivity contribution in [2.45, 2.75) is 145 Å². The van der Waals surface area contributed by atoms with Gasteiger partial charge in [-0.2, -0.15) is 0 Å². The predicted molar refractivity (Wildman–Crippen MR) is 367 cm³/mol. The Balaban J connectivity index is 1.37. The molecule has 2 aliphatic heterocycles. The molecule has 11 amide bonds. The predicted octanol–water partition coefficient (Wildman–Crippen LogP) is -1.27. The molecule has 9 atom stereocenters. The molecule has 0 unspecified atom stereocenters. The highest BCUT2D eigenvalue weighted by Gasteiger charge is 2.39. The molecule has 3 heterocycles. The largest absolute Gasteiger partial charge is 0.508 e. The second-order valence-electron chi connectivity index (χ2n) is 23.9. The number of aliphatic imine (C=N–C) groups is 1. The van der Waals surface area contributed by atoms with Crippen molar-refractivity contribution in [2.75, 3.05) is 37.7 Å². The zero-order valence-electron chi connectivity index (χ0n) is 54.4. The second kappa shape index (κ2) is 38.7. The number of aromatic nitrogens is 1. The summed E-state index contributed by atoms with van der Waals surface area (Å²) >= 11 is 0. The fraction of sp³-hybridized carbons (Fsp3) is 0.462. The van der Waals surface area contributed by atoms with E-state index in [4.69, 9.17) is 22.9 Å². The smallest absolute Gasteiger partial charge is 0.303 e. The molecule has 530 valence electrons. The summed E-state index contributed by atoms with van der Waals surface area (Å²) in [4.78, 5) is 176. The highest BCUT2D eigenvalue weighted by atomic mass is 33.1. The van der Waals surface area contributed by atoms with Crippen LogP contribution in [0, 0.1) is 5.92 Å². The van der Waals surface area contributed by atoms with E-state index >= 15 is 0 Å². The fourth-order valence-corrected chi connectivity index (χ4v) is 13.1. The number of aromatic amines is 1. The zero-order valence-corrected chi connectivity index (χ0v) is 56.1. The number of likely N-dealkylation sites (tertiary alicyclic amines) is 1. The third kappa shape index (κ3) is 24.6. The van der Waals surface area contributed by atoms with Gasteiger partial charge in [0.2, 0.25) is 65.0 Å². The van der Waals surface area contributed by atoms with Gasteiger partial charge in [0.1, 0.15) is 65.9 Å². The molecule has 0 radical (unpaired) electrons. The Bertz CT molecular complexity index is 3510. The molecule has 0 saturated carbocycles. The first-order chi connectivity index (χ1) is 46.8. The fourth-order valence-electron chi connectivity index (χ4n) is 10.8. The van der Waals surface area contributed by atoms with Crippen molar-refractivity contribution in [3.63, 3.8) is 0 Å². The third-order valence-electron chi connectivity index (χ3n) is 16.0. The molecule has 1 saturated heterocycles. The monoisotopic (exact) mass is 1400 g/mol. The SMILES string of the molecule is CC(C)[C@@H]1NC(=O)[C@@H](NC(=O)[C@H](Cc2ccc(O)cc2)NC(=O)[C@@H]2CCCN2C(=O)CCN)CSSC[C@@H](C(N)=O)NC(=O)[C@H](CCC(=O)O)NC(=O)[C@H](Cc2c[nH]c3ccccc23)NC(=O)CC=CCCNC(=O)[C@H](CCCN=C(N)N)NC(=O)[C@H](Cc2ccc(O)cc2)NC1=O. The minimum absolute atomic E-state index is 0.00719. The number of fused-ring (bicyclic) bond motifs is 1. The summed E-state index contributed by atoms with van der Waals surface area (Å²) in [7, 11) is 1.78. The number of carboxylic acids is 1. The number of aromatic hydroxyl groups is 2. The summed E-state index contributed by atoms with van der Waals surface area (Å²) in [5.41, 5.74) is 24.9. The van der Waals surface area contributed by atoms with E-state index in [1.54, 1.807) is 50.4 Å². The van der Waals surface area contributed by atoms with Crippen molar-refractivity contribution in [1.29, 1.82) is 0 Å². The van der Waals surface area contributed by atoms with Crippen LogP contribution < -0.4 is 70.8 Å².